The zero-order valence-electron chi connectivity index (χ0n) is 19.0. The predicted molar refractivity (Wildman–Crippen MR) is 121 cm³/mol. The minimum atomic E-state index is -0.289. The molecule has 2 saturated heterocycles. The molecule has 3 aliphatic rings. The van der Waals surface area contributed by atoms with Crippen molar-refractivity contribution in [1.82, 2.24) is 14.7 Å². The fraction of sp³-hybridized carbons (Fsp3) is 0.667. The van der Waals surface area contributed by atoms with Gasteiger partial charge in [-0.1, -0.05) is 12.1 Å². The highest BCUT2D eigenvalue weighted by molar-refractivity contribution is 6.05. The van der Waals surface area contributed by atoms with Gasteiger partial charge in [-0.2, -0.15) is 0 Å². The molecule has 0 aromatic heterocycles. The Morgan fingerprint density at radius 3 is 2.39 bits per heavy atom. The van der Waals surface area contributed by atoms with Crippen LogP contribution in [0.5, 0.6) is 5.75 Å². The largest absolute Gasteiger partial charge is 0.488 e. The highest BCUT2D eigenvalue weighted by Gasteiger charge is 2.39. The van der Waals surface area contributed by atoms with E-state index in [-0.39, 0.29) is 17.9 Å². The lowest BCUT2D eigenvalue weighted by molar-refractivity contribution is -0.139. The zero-order chi connectivity index (χ0) is 21.8. The summed E-state index contributed by atoms with van der Waals surface area (Å²) in [6.45, 7) is 5.35. The van der Waals surface area contributed by atoms with Crippen molar-refractivity contribution in [3.8, 4) is 5.75 Å². The second-order valence-corrected chi connectivity index (χ2v) is 9.24. The van der Waals surface area contributed by atoms with Crippen LogP contribution in [0.3, 0.4) is 0 Å². The second kappa shape index (κ2) is 10.0. The maximum Gasteiger partial charge on any atom is 0.247 e. The molecule has 1 unspecified atom stereocenters. The van der Waals surface area contributed by atoms with Crippen LogP contribution >= 0.6 is 0 Å². The molecular formula is C24H36N4O3. The molecule has 1 saturated carbocycles. The Kier molecular flexibility index (Phi) is 7.13. The fourth-order valence-electron chi connectivity index (χ4n) is 4.97. The van der Waals surface area contributed by atoms with E-state index in [0.29, 0.717) is 19.1 Å². The van der Waals surface area contributed by atoms with Gasteiger partial charge in [0.15, 0.2) is 0 Å². The third-order valence-corrected chi connectivity index (χ3v) is 6.87. The second-order valence-electron chi connectivity index (χ2n) is 9.24. The van der Waals surface area contributed by atoms with Crippen molar-refractivity contribution in [3.05, 3.63) is 24.3 Å². The smallest absolute Gasteiger partial charge is 0.247 e. The number of rotatable bonds is 8. The summed E-state index contributed by atoms with van der Waals surface area (Å²) in [5.41, 5.74) is 1.21. The first kappa shape index (κ1) is 22.1. The first-order valence-electron chi connectivity index (χ1n) is 11.8. The Morgan fingerprint density at radius 1 is 1.00 bits per heavy atom. The molecule has 7 nitrogen and oxygen atoms in total. The van der Waals surface area contributed by atoms with Crippen LogP contribution in [0, 0.1) is 0 Å². The SMILES string of the molecule is CN(C)C1CC(=O)N(CCCN2CCN(c3ccccc3OC3CCCC3)CC2)C1=O. The monoisotopic (exact) mass is 428 g/mol. The summed E-state index contributed by atoms with van der Waals surface area (Å²) in [7, 11) is 3.71. The molecule has 2 aliphatic heterocycles. The average Bonchev–Trinajstić information content (AvgIpc) is 3.38. The highest BCUT2D eigenvalue weighted by atomic mass is 16.5. The van der Waals surface area contributed by atoms with Crippen molar-refractivity contribution < 1.29 is 14.3 Å². The Morgan fingerprint density at radius 2 is 1.71 bits per heavy atom. The summed E-state index contributed by atoms with van der Waals surface area (Å²) in [4.78, 5) is 32.8. The molecule has 0 radical (unpaired) electrons. The lowest BCUT2D eigenvalue weighted by Crippen LogP contribution is -2.47. The number of likely N-dealkylation sites (N-methyl/N-ethyl adjacent to an activating group) is 1. The maximum absolute atomic E-state index is 12.4. The number of carbonyl (C=O) groups excluding carboxylic acids is 2. The summed E-state index contributed by atoms with van der Waals surface area (Å²) in [6.07, 6.45) is 6.39. The van der Waals surface area contributed by atoms with E-state index in [9.17, 15) is 9.59 Å². The quantitative estimate of drug-likeness (QED) is 0.592. The van der Waals surface area contributed by atoms with Crippen LogP contribution in [0.15, 0.2) is 24.3 Å². The topological polar surface area (TPSA) is 56.3 Å². The number of carbonyl (C=O) groups is 2. The van der Waals surface area contributed by atoms with Crippen LogP contribution in [0.4, 0.5) is 5.69 Å². The van der Waals surface area contributed by atoms with Gasteiger partial charge >= 0.3 is 0 Å². The van der Waals surface area contributed by atoms with Crippen LogP contribution in [-0.4, -0.2) is 92.0 Å². The molecule has 1 aliphatic carbocycles. The van der Waals surface area contributed by atoms with Gasteiger partial charge in [-0.3, -0.25) is 24.3 Å². The number of likely N-dealkylation sites (tertiary alicyclic amines) is 1. The summed E-state index contributed by atoms with van der Waals surface area (Å²) in [5.74, 6) is 0.940. The van der Waals surface area contributed by atoms with Gasteiger partial charge in [0.1, 0.15) is 5.75 Å². The Bertz CT molecular complexity index is 770. The van der Waals surface area contributed by atoms with Crippen molar-refractivity contribution in [2.45, 2.75) is 50.7 Å². The van der Waals surface area contributed by atoms with Gasteiger partial charge in [0.05, 0.1) is 24.3 Å². The molecule has 1 atom stereocenters. The Labute approximate surface area is 185 Å². The molecule has 7 heteroatoms. The van der Waals surface area contributed by atoms with E-state index in [1.54, 1.807) is 0 Å². The summed E-state index contributed by atoms with van der Waals surface area (Å²) < 4.78 is 6.33. The van der Waals surface area contributed by atoms with Crippen LogP contribution < -0.4 is 9.64 Å². The highest BCUT2D eigenvalue weighted by Crippen LogP contribution is 2.32. The van der Waals surface area contributed by atoms with Crippen molar-refractivity contribution in [2.24, 2.45) is 0 Å². The molecule has 31 heavy (non-hydrogen) atoms. The lowest BCUT2D eigenvalue weighted by Gasteiger charge is -2.37. The normalized spacial score (nSPS) is 23.4. The molecule has 3 fully saturated rings. The number of piperazine rings is 1. The van der Waals surface area contributed by atoms with Crippen LogP contribution in [0.2, 0.25) is 0 Å². The maximum atomic E-state index is 12.4. The number of nitrogens with zero attached hydrogens (tertiary/aromatic N) is 4. The van der Waals surface area contributed by atoms with Gasteiger partial charge in [-0.05, 0) is 64.9 Å². The third kappa shape index (κ3) is 5.21. The standard InChI is InChI=1S/C24H36N4O3/c1-25(2)21-18-23(29)28(24(21)30)13-7-12-26-14-16-27(17-15-26)20-10-5-6-11-22(20)31-19-8-3-4-9-19/h5-6,10-11,19,21H,3-4,7-9,12-18H2,1-2H3. The van der Waals surface area contributed by atoms with Gasteiger partial charge in [0, 0.05) is 32.7 Å². The van der Waals surface area contributed by atoms with Crippen molar-refractivity contribution in [3.63, 3.8) is 0 Å². The van der Waals surface area contributed by atoms with Gasteiger partial charge in [-0.25, -0.2) is 0 Å². The van der Waals surface area contributed by atoms with E-state index in [1.165, 1.54) is 36.3 Å². The molecule has 0 spiro atoms. The van der Waals surface area contributed by atoms with Gasteiger partial charge in [0.25, 0.3) is 0 Å². The molecule has 4 rings (SSSR count). The summed E-state index contributed by atoms with van der Waals surface area (Å²) in [5, 5.41) is 0. The molecular weight excluding hydrogens is 392 g/mol. The molecule has 2 amide bonds. The minimum Gasteiger partial charge on any atom is -0.488 e. The van der Waals surface area contributed by atoms with Crippen molar-refractivity contribution in [2.75, 3.05) is 58.3 Å². The first-order chi connectivity index (χ1) is 15.0. The van der Waals surface area contributed by atoms with E-state index >= 15 is 0 Å². The van der Waals surface area contributed by atoms with E-state index < -0.39 is 0 Å². The van der Waals surface area contributed by atoms with Gasteiger partial charge in [-0.15, -0.1) is 0 Å². The number of para-hydroxylation sites is 2. The number of ether oxygens (including phenoxy) is 1. The minimum absolute atomic E-state index is 0.0348. The summed E-state index contributed by atoms with van der Waals surface area (Å²) in [6, 6.07) is 8.14. The van der Waals surface area contributed by atoms with E-state index in [0.717, 1.165) is 44.9 Å². The Hall–Kier alpha value is -2.12. The molecule has 1 aromatic carbocycles. The number of benzene rings is 1. The van der Waals surface area contributed by atoms with Gasteiger partial charge < -0.3 is 9.64 Å². The lowest BCUT2D eigenvalue weighted by atomic mass is 10.2. The van der Waals surface area contributed by atoms with Crippen LogP contribution in [0.25, 0.3) is 0 Å². The van der Waals surface area contributed by atoms with Crippen LogP contribution in [-0.2, 0) is 9.59 Å². The van der Waals surface area contributed by atoms with Gasteiger partial charge in [0.2, 0.25) is 11.8 Å². The fourth-order valence-corrected chi connectivity index (χ4v) is 4.97. The summed E-state index contributed by atoms with van der Waals surface area (Å²) >= 11 is 0. The van der Waals surface area contributed by atoms with Crippen LogP contribution in [0.1, 0.15) is 38.5 Å². The van der Waals surface area contributed by atoms with Crippen molar-refractivity contribution in [1.29, 1.82) is 0 Å². The number of hydrogen-bond acceptors (Lipinski definition) is 6. The van der Waals surface area contributed by atoms with E-state index in [2.05, 4.69) is 34.1 Å². The molecule has 0 N–H and O–H groups in total. The number of anilines is 1. The third-order valence-electron chi connectivity index (χ3n) is 6.87. The molecule has 1 aromatic rings. The number of hydrogen-bond donors (Lipinski definition) is 0. The van der Waals surface area contributed by atoms with E-state index in [4.69, 9.17) is 4.74 Å². The Balaban J connectivity index is 1.24. The number of amides is 2. The van der Waals surface area contributed by atoms with Crippen molar-refractivity contribution >= 4 is 17.5 Å². The number of imide groups is 1. The van der Waals surface area contributed by atoms with E-state index in [1.807, 2.05) is 19.0 Å². The predicted octanol–water partition coefficient (Wildman–Crippen LogP) is 2.21. The molecule has 0 bridgehead atoms. The average molecular weight is 429 g/mol. The first-order valence-corrected chi connectivity index (χ1v) is 11.8. The molecule has 170 valence electrons. The molecule has 2 heterocycles. The zero-order valence-corrected chi connectivity index (χ0v) is 19.0.